The van der Waals surface area contributed by atoms with Crippen molar-refractivity contribution in [3.8, 4) is 0 Å². The number of hydrogen-bond acceptors (Lipinski definition) is 3. The van der Waals surface area contributed by atoms with Crippen LogP contribution in [0.1, 0.15) is 68.8 Å². The average molecular weight is 482 g/mol. The highest BCUT2D eigenvalue weighted by atomic mass is 16.2. The number of benzene rings is 3. The summed E-state index contributed by atoms with van der Waals surface area (Å²) in [6, 6.07) is 20.3. The third-order valence-corrected chi connectivity index (χ3v) is 7.26. The van der Waals surface area contributed by atoms with Crippen LogP contribution in [0.25, 0.3) is 0 Å². The number of anilines is 1. The van der Waals surface area contributed by atoms with Crippen molar-refractivity contribution in [3.05, 3.63) is 100 Å². The average Bonchev–Trinajstić information content (AvgIpc) is 3.34. The van der Waals surface area contributed by atoms with Gasteiger partial charge in [-0.1, -0.05) is 48.0 Å². The van der Waals surface area contributed by atoms with E-state index in [1.54, 1.807) is 21.9 Å². The minimum atomic E-state index is -0.435. The lowest BCUT2D eigenvalue weighted by Crippen LogP contribution is -2.44. The number of nitrogens with zero attached hydrogens (tertiary/aromatic N) is 2. The number of amides is 3. The molecule has 6 heteroatoms. The lowest BCUT2D eigenvalue weighted by atomic mass is 10.00. The molecule has 2 aliphatic heterocycles. The Morgan fingerprint density at radius 2 is 1.83 bits per heavy atom. The van der Waals surface area contributed by atoms with Gasteiger partial charge in [-0.2, -0.15) is 0 Å². The van der Waals surface area contributed by atoms with Crippen molar-refractivity contribution < 1.29 is 14.4 Å². The Hall–Kier alpha value is -3.93. The van der Waals surface area contributed by atoms with Gasteiger partial charge < -0.3 is 15.1 Å². The standard InChI is InChI=1S/C30H31N3O3/c1-19-13-14-24(20(2)16-19)21(3)31-28(34)23-9-6-8-22(17-23)18-33-26-11-5-4-10-25(26)29(35)32-15-7-12-27(32)30(33)36/h4-6,8-11,13-14,16-17,21,27H,7,12,15,18H2,1-3H3,(H,31,34)/t21-,27+/m0/s1. The van der Waals surface area contributed by atoms with E-state index in [1.807, 2.05) is 43.3 Å². The zero-order valence-corrected chi connectivity index (χ0v) is 21.0. The van der Waals surface area contributed by atoms with Gasteiger partial charge in [-0.15, -0.1) is 0 Å². The van der Waals surface area contributed by atoms with Gasteiger partial charge in [-0.05, 0) is 74.6 Å². The van der Waals surface area contributed by atoms with E-state index in [1.165, 1.54) is 5.56 Å². The molecule has 3 aromatic rings. The topological polar surface area (TPSA) is 69.7 Å². The number of hydrogen-bond donors (Lipinski definition) is 1. The molecule has 0 unspecified atom stereocenters. The summed E-state index contributed by atoms with van der Waals surface area (Å²) in [5, 5.41) is 3.10. The number of rotatable bonds is 5. The second kappa shape index (κ2) is 9.61. The highest BCUT2D eigenvalue weighted by Gasteiger charge is 2.41. The number of carbonyl (C=O) groups is 3. The van der Waals surface area contributed by atoms with E-state index < -0.39 is 6.04 Å². The maximum absolute atomic E-state index is 13.6. The molecule has 2 atom stereocenters. The molecule has 184 valence electrons. The largest absolute Gasteiger partial charge is 0.346 e. The quantitative estimate of drug-likeness (QED) is 0.561. The summed E-state index contributed by atoms with van der Waals surface area (Å²) in [5.41, 5.74) is 5.97. The van der Waals surface area contributed by atoms with Crippen molar-refractivity contribution in [1.29, 1.82) is 0 Å². The molecule has 0 radical (unpaired) electrons. The van der Waals surface area contributed by atoms with Gasteiger partial charge in [0.25, 0.3) is 11.8 Å². The fourth-order valence-electron chi connectivity index (χ4n) is 5.44. The van der Waals surface area contributed by atoms with Crippen LogP contribution in [0.2, 0.25) is 0 Å². The summed E-state index contributed by atoms with van der Waals surface area (Å²) in [4.78, 5) is 43.3. The molecular formula is C30H31N3O3. The number of fused-ring (bicyclic) bond motifs is 2. The van der Waals surface area contributed by atoms with Crippen LogP contribution >= 0.6 is 0 Å². The van der Waals surface area contributed by atoms with Crippen LogP contribution in [-0.2, 0) is 11.3 Å². The molecule has 6 nitrogen and oxygen atoms in total. The van der Waals surface area contributed by atoms with Gasteiger partial charge in [0.2, 0.25) is 5.91 Å². The maximum Gasteiger partial charge on any atom is 0.256 e. The SMILES string of the molecule is Cc1ccc([C@H](C)NC(=O)c2cccc(CN3C(=O)[C@H]4CCCN4C(=O)c4ccccc43)c2)c(C)c1. The molecule has 0 aliphatic carbocycles. The molecule has 36 heavy (non-hydrogen) atoms. The van der Waals surface area contributed by atoms with Crippen LogP contribution in [0.5, 0.6) is 0 Å². The maximum atomic E-state index is 13.6. The molecule has 3 amide bonds. The summed E-state index contributed by atoms with van der Waals surface area (Å²) in [6.07, 6.45) is 1.50. The van der Waals surface area contributed by atoms with E-state index in [0.29, 0.717) is 36.3 Å². The van der Waals surface area contributed by atoms with Crippen molar-refractivity contribution in [2.45, 2.75) is 52.2 Å². The zero-order chi connectivity index (χ0) is 25.4. The molecule has 0 aromatic heterocycles. The van der Waals surface area contributed by atoms with Gasteiger partial charge in [-0.25, -0.2) is 0 Å². The Labute approximate surface area is 211 Å². The lowest BCUT2D eigenvalue weighted by molar-refractivity contribution is -0.122. The van der Waals surface area contributed by atoms with Crippen LogP contribution in [-0.4, -0.2) is 35.2 Å². The Kier molecular flexibility index (Phi) is 6.35. The normalized spacial score (nSPS) is 17.9. The Morgan fingerprint density at radius 1 is 1.03 bits per heavy atom. The molecule has 0 bridgehead atoms. The highest BCUT2D eigenvalue weighted by molar-refractivity contribution is 6.11. The molecular weight excluding hydrogens is 450 g/mol. The minimum Gasteiger partial charge on any atom is -0.346 e. The first-order valence-electron chi connectivity index (χ1n) is 12.5. The molecule has 0 spiro atoms. The van der Waals surface area contributed by atoms with E-state index in [9.17, 15) is 14.4 Å². The van der Waals surface area contributed by atoms with Crippen LogP contribution in [0.4, 0.5) is 5.69 Å². The molecule has 3 aromatic carbocycles. The van der Waals surface area contributed by atoms with Crippen molar-refractivity contribution in [1.82, 2.24) is 10.2 Å². The Morgan fingerprint density at radius 3 is 2.64 bits per heavy atom. The van der Waals surface area contributed by atoms with Crippen LogP contribution in [0, 0.1) is 13.8 Å². The molecule has 2 aliphatic rings. The molecule has 1 N–H and O–H groups in total. The fourth-order valence-corrected chi connectivity index (χ4v) is 5.44. The highest BCUT2D eigenvalue weighted by Crippen LogP contribution is 2.33. The number of para-hydroxylation sites is 1. The molecule has 1 saturated heterocycles. The second-order valence-corrected chi connectivity index (χ2v) is 9.85. The first-order valence-corrected chi connectivity index (χ1v) is 12.5. The van der Waals surface area contributed by atoms with E-state index in [2.05, 4.69) is 37.4 Å². The Balaban J connectivity index is 1.39. The van der Waals surface area contributed by atoms with Gasteiger partial charge in [0, 0.05) is 12.1 Å². The van der Waals surface area contributed by atoms with Crippen LogP contribution < -0.4 is 10.2 Å². The van der Waals surface area contributed by atoms with Crippen molar-refractivity contribution in [3.63, 3.8) is 0 Å². The van der Waals surface area contributed by atoms with Crippen molar-refractivity contribution in [2.75, 3.05) is 11.4 Å². The monoisotopic (exact) mass is 481 g/mol. The smallest absolute Gasteiger partial charge is 0.256 e. The number of aryl methyl sites for hydroxylation is 2. The Bertz CT molecular complexity index is 1350. The minimum absolute atomic E-state index is 0.0656. The van der Waals surface area contributed by atoms with Gasteiger partial charge in [0.15, 0.2) is 0 Å². The second-order valence-electron chi connectivity index (χ2n) is 9.85. The van der Waals surface area contributed by atoms with Crippen molar-refractivity contribution in [2.24, 2.45) is 0 Å². The van der Waals surface area contributed by atoms with Crippen molar-refractivity contribution >= 4 is 23.4 Å². The zero-order valence-electron chi connectivity index (χ0n) is 21.0. The van der Waals surface area contributed by atoms with E-state index in [4.69, 9.17) is 0 Å². The van der Waals surface area contributed by atoms with Gasteiger partial charge in [0.1, 0.15) is 6.04 Å². The van der Waals surface area contributed by atoms with E-state index >= 15 is 0 Å². The first-order chi connectivity index (χ1) is 17.3. The number of nitrogens with one attached hydrogen (secondary N) is 1. The molecule has 1 fully saturated rings. The van der Waals surface area contributed by atoms with E-state index in [-0.39, 0.29) is 23.8 Å². The predicted molar refractivity (Wildman–Crippen MR) is 140 cm³/mol. The lowest BCUT2D eigenvalue weighted by Gasteiger charge is -2.26. The van der Waals surface area contributed by atoms with Gasteiger partial charge in [-0.3, -0.25) is 14.4 Å². The van der Waals surface area contributed by atoms with Crippen LogP contribution in [0.3, 0.4) is 0 Å². The predicted octanol–water partition coefficient (Wildman–Crippen LogP) is 4.95. The summed E-state index contributed by atoms with van der Waals surface area (Å²) in [6.45, 7) is 6.99. The summed E-state index contributed by atoms with van der Waals surface area (Å²) < 4.78 is 0. The third-order valence-electron chi connectivity index (χ3n) is 7.26. The van der Waals surface area contributed by atoms with Crippen LogP contribution in [0.15, 0.2) is 66.7 Å². The molecule has 5 rings (SSSR count). The fraction of sp³-hybridized carbons (Fsp3) is 0.300. The summed E-state index contributed by atoms with van der Waals surface area (Å²) in [5.74, 6) is -0.314. The molecule has 0 saturated carbocycles. The summed E-state index contributed by atoms with van der Waals surface area (Å²) in [7, 11) is 0. The van der Waals surface area contributed by atoms with Gasteiger partial charge >= 0.3 is 0 Å². The first kappa shape index (κ1) is 23.8. The molecule has 2 heterocycles. The van der Waals surface area contributed by atoms with E-state index in [0.717, 1.165) is 23.1 Å². The van der Waals surface area contributed by atoms with Gasteiger partial charge in [0.05, 0.1) is 23.8 Å². The number of carbonyl (C=O) groups excluding carboxylic acids is 3. The summed E-state index contributed by atoms with van der Waals surface area (Å²) >= 11 is 0. The third kappa shape index (κ3) is 4.39.